The van der Waals surface area contributed by atoms with Gasteiger partial charge < -0.3 is 10.1 Å². The Bertz CT molecular complexity index is 579. The van der Waals surface area contributed by atoms with Crippen LogP contribution in [-0.4, -0.2) is 16.9 Å². The second kappa shape index (κ2) is 7.36. The van der Waals surface area contributed by atoms with Crippen LogP contribution < -0.4 is 10.1 Å². The van der Waals surface area contributed by atoms with Gasteiger partial charge >= 0.3 is 0 Å². The smallest absolute Gasteiger partial charge is 0.142 e. The highest BCUT2D eigenvalue weighted by molar-refractivity contribution is 6.30. The van der Waals surface area contributed by atoms with Crippen LogP contribution in [0.5, 0.6) is 5.75 Å². The van der Waals surface area contributed by atoms with Gasteiger partial charge in [-0.15, -0.1) is 0 Å². The van der Waals surface area contributed by atoms with E-state index < -0.39 is 0 Å². The molecular formula is C16H22ClN3O. The first-order chi connectivity index (χ1) is 10.2. The lowest BCUT2D eigenvalue weighted by Crippen LogP contribution is -2.09. The summed E-state index contributed by atoms with van der Waals surface area (Å²) in [4.78, 5) is 0. The molecule has 1 aromatic heterocycles. The monoisotopic (exact) mass is 307 g/mol. The molecule has 0 spiro atoms. The summed E-state index contributed by atoms with van der Waals surface area (Å²) < 4.78 is 7.37. The molecule has 0 saturated carbocycles. The number of nitrogens with one attached hydrogen (secondary N) is 1. The fourth-order valence-electron chi connectivity index (χ4n) is 2.34. The van der Waals surface area contributed by atoms with Crippen LogP contribution >= 0.6 is 11.6 Å². The van der Waals surface area contributed by atoms with E-state index in [1.54, 1.807) is 7.11 Å². The van der Waals surface area contributed by atoms with Crippen molar-refractivity contribution < 1.29 is 4.74 Å². The minimum atomic E-state index is 0.472. The standard InChI is InChI=1S/C16H22ClN3O/c1-4-14(5-2)20-9-8-13(19-20)11-18-15-10-12(17)6-7-16(15)21-3/h6-10,14,18H,4-5,11H2,1-3H3. The third-order valence-electron chi connectivity index (χ3n) is 3.60. The van der Waals surface area contributed by atoms with E-state index in [2.05, 4.69) is 24.3 Å². The topological polar surface area (TPSA) is 39.1 Å². The summed E-state index contributed by atoms with van der Waals surface area (Å²) in [5.41, 5.74) is 1.88. The molecule has 0 radical (unpaired) electrons. The fourth-order valence-corrected chi connectivity index (χ4v) is 2.51. The van der Waals surface area contributed by atoms with Crippen molar-refractivity contribution in [3.05, 3.63) is 41.2 Å². The van der Waals surface area contributed by atoms with Gasteiger partial charge in [-0.2, -0.15) is 5.10 Å². The van der Waals surface area contributed by atoms with E-state index in [-0.39, 0.29) is 0 Å². The lowest BCUT2D eigenvalue weighted by molar-refractivity contribution is 0.416. The highest BCUT2D eigenvalue weighted by atomic mass is 35.5. The number of benzene rings is 1. The Morgan fingerprint density at radius 1 is 1.29 bits per heavy atom. The third kappa shape index (κ3) is 3.91. The van der Waals surface area contributed by atoms with Crippen molar-refractivity contribution in [3.8, 4) is 5.75 Å². The Morgan fingerprint density at radius 2 is 2.05 bits per heavy atom. The normalized spacial score (nSPS) is 10.9. The summed E-state index contributed by atoms with van der Waals surface area (Å²) in [5, 5.41) is 8.63. The van der Waals surface area contributed by atoms with Gasteiger partial charge in [0.25, 0.3) is 0 Å². The van der Waals surface area contributed by atoms with Crippen LogP contribution in [-0.2, 0) is 6.54 Å². The van der Waals surface area contributed by atoms with Gasteiger partial charge in [-0.25, -0.2) is 0 Å². The Morgan fingerprint density at radius 3 is 2.71 bits per heavy atom. The van der Waals surface area contributed by atoms with Crippen molar-refractivity contribution in [2.24, 2.45) is 0 Å². The van der Waals surface area contributed by atoms with Crippen LogP contribution in [0.4, 0.5) is 5.69 Å². The number of hydrogen-bond donors (Lipinski definition) is 1. The number of ether oxygens (including phenoxy) is 1. The molecule has 1 N–H and O–H groups in total. The quantitative estimate of drug-likeness (QED) is 0.817. The van der Waals surface area contributed by atoms with E-state index in [9.17, 15) is 0 Å². The average Bonchev–Trinajstić information content (AvgIpc) is 2.95. The van der Waals surface area contributed by atoms with Crippen LogP contribution in [0.15, 0.2) is 30.5 Å². The van der Waals surface area contributed by atoms with Gasteiger partial charge in [0.1, 0.15) is 5.75 Å². The molecule has 0 aliphatic carbocycles. The number of anilines is 1. The summed E-state index contributed by atoms with van der Waals surface area (Å²) >= 11 is 6.02. The predicted octanol–water partition coefficient (Wildman–Crippen LogP) is 4.52. The second-order valence-electron chi connectivity index (χ2n) is 4.96. The third-order valence-corrected chi connectivity index (χ3v) is 3.84. The number of methoxy groups -OCH3 is 1. The molecule has 1 aromatic carbocycles. The molecule has 2 rings (SSSR count). The number of halogens is 1. The molecule has 0 atom stereocenters. The first-order valence-corrected chi connectivity index (χ1v) is 7.67. The van der Waals surface area contributed by atoms with Gasteiger partial charge in [-0.1, -0.05) is 25.4 Å². The van der Waals surface area contributed by atoms with Gasteiger partial charge in [-0.05, 0) is 37.1 Å². The minimum absolute atomic E-state index is 0.472. The van der Waals surface area contributed by atoms with Crippen LogP contribution in [0.1, 0.15) is 38.4 Å². The number of nitrogens with zero attached hydrogens (tertiary/aromatic N) is 2. The van der Waals surface area contributed by atoms with E-state index >= 15 is 0 Å². The lowest BCUT2D eigenvalue weighted by atomic mass is 10.2. The van der Waals surface area contributed by atoms with Gasteiger partial charge in [0, 0.05) is 11.2 Å². The molecule has 5 heteroatoms. The second-order valence-corrected chi connectivity index (χ2v) is 5.39. The maximum Gasteiger partial charge on any atom is 0.142 e. The van der Waals surface area contributed by atoms with Crippen molar-refractivity contribution in [1.82, 2.24) is 9.78 Å². The molecule has 1 heterocycles. The summed E-state index contributed by atoms with van der Waals surface area (Å²) in [6, 6.07) is 8.04. The van der Waals surface area contributed by atoms with Gasteiger partial charge in [0.15, 0.2) is 0 Å². The summed E-state index contributed by atoms with van der Waals surface area (Å²) in [6.45, 7) is 5.01. The van der Waals surface area contributed by atoms with Crippen LogP contribution in [0.3, 0.4) is 0 Å². The molecule has 2 aromatic rings. The van der Waals surface area contributed by atoms with Crippen LogP contribution in [0.2, 0.25) is 5.02 Å². The van der Waals surface area contributed by atoms with E-state index in [0.29, 0.717) is 17.6 Å². The summed E-state index contributed by atoms with van der Waals surface area (Å²) in [6.07, 6.45) is 4.23. The van der Waals surface area contributed by atoms with Gasteiger partial charge in [-0.3, -0.25) is 4.68 Å². The molecule has 0 fully saturated rings. The van der Waals surface area contributed by atoms with Crippen molar-refractivity contribution in [1.29, 1.82) is 0 Å². The van der Waals surface area contributed by atoms with E-state index in [1.807, 2.05) is 35.1 Å². The Kier molecular flexibility index (Phi) is 5.51. The predicted molar refractivity (Wildman–Crippen MR) is 87.2 cm³/mol. The van der Waals surface area contributed by atoms with Gasteiger partial charge in [0.2, 0.25) is 0 Å². The largest absolute Gasteiger partial charge is 0.495 e. The van der Waals surface area contributed by atoms with E-state index in [0.717, 1.165) is 30.0 Å². The highest BCUT2D eigenvalue weighted by Gasteiger charge is 2.09. The molecule has 0 bridgehead atoms. The number of hydrogen-bond acceptors (Lipinski definition) is 3. The van der Waals surface area contributed by atoms with Crippen LogP contribution in [0, 0.1) is 0 Å². The highest BCUT2D eigenvalue weighted by Crippen LogP contribution is 2.28. The van der Waals surface area contributed by atoms with Crippen LogP contribution in [0.25, 0.3) is 0 Å². The molecule has 0 amide bonds. The van der Waals surface area contributed by atoms with E-state index in [4.69, 9.17) is 16.3 Å². The molecule has 0 saturated heterocycles. The molecule has 0 aliphatic heterocycles. The molecule has 0 unspecified atom stereocenters. The summed E-state index contributed by atoms with van der Waals surface area (Å²) in [5.74, 6) is 0.777. The lowest BCUT2D eigenvalue weighted by Gasteiger charge is -2.13. The van der Waals surface area contributed by atoms with Crippen molar-refractivity contribution in [3.63, 3.8) is 0 Å². The Labute approximate surface area is 131 Å². The number of rotatable bonds is 7. The zero-order valence-electron chi connectivity index (χ0n) is 12.8. The minimum Gasteiger partial charge on any atom is -0.495 e. The molecule has 114 valence electrons. The van der Waals surface area contributed by atoms with E-state index in [1.165, 1.54) is 0 Å². The molecule has 21 heavy (non-hydrogen) atoms. The zero-order valence-corrected chi connectivity index (χ0v) is 13.5. The SMILES string of the molecule is CCC(CC)n1ccc(CNc2cc(Cl)ccc2OC)n1. The summed E-state index contributed by atoms with van der Waals surface area (Å²) in [7, 11) is 1.65. The fraction of sp³-hybridized carbons (Fsp3) is 0.438. The van der Waals surface area contributed by atoms with Crippen molar-refractivity contribution >= 4 is 17.3 Å². The first kappa shape index (κ1) is 15.7. The molecule has 0 aliphatic rings. The van der Waals surface area contributed by atoms with Crippen molar-refractivity contribution in [2.75, 3.05) is 12.4 Å². The maximum atomic E-state index is 6.02. The maximum absolute atomic E-state index is 6.02. The Hall–Kier alpha value is -1.68. The Balaban J connectivity index is 2.05. The average molecular weight is 308 g/mol. The van der Waals surface area contributed by atoms with Crippen molar-refractivity contribution in [2.45, 2.75) is 39.3 Å². The number of aromatic nitrogens is 2. The molecular weight excluding hydrogens is 286 g/mol. The first-order valence-electron chi connectivity index (χ1n) is 7.29. The zero-order chi connectivity index (χ0) is 15.2. The molecule has 4 nitrogen and oxygen atoms in total. The van der Waals surface area contributed by atoms with Gasteiger partial charge in [0.05, 0.1) is 31.1 Å².